The average Bonchev–Trinajstić information content (AvgIpc) is 2.47. The molecule has 0 heterocycles. The van der Waals surface area contributed by atoms with E-state index >= 15 is 0 Å². The summed E-state index contributed by atoms with van der Waals surface area (Å²) < 4.78 is 10.4. The lowest BCUT2D eigenvalue weighted by molar-refractivity contribution is 0.103. The number of nitrogens with two attached hydrogens (primary N) is 1. The van der Waals surface area contributed by atoms with E-state index in [0.717, 1.165) is 11.1 Å². The summed E-state index contributed by atoms with van der Waals surface area (Å²) in [5.74, 6) is 0.832. The molecular formula is C17H19NO3. The molecule has 2 rings (SSSR count). The molecule has 2 aromatic carbocycles. The number of aryl methyl sites for hydroxylation is 2. The molecule has 0 saturated carbocycles. The minimum atomic E-state index is -0.137. The van der Waals surface area contributed by atoms with Crippen LogP contribution < -0.4 is 15.2 Å². The highest BCUT2D eigenvalue weighted by molar-refractivity contribution is 6.13. The van der Waals surface area contributed by atoms with Gasteiger partial charge in [-0.3, -0.25) is 4.79 Å². The van der Waals surface area contributed by atoms with Gasteiger partial charge in [0.15, 0.2) is 5.78 Å². The van der Waals surface area contributed by atoms with Gasteiger partial charge >= 0.3 is 0 Å². The maximum absolute atomic E-state index is 12.7. The third-order valence-electron chi connectivity index (χ3n) is 3.44. The molecule has 0 unspecified atom stereocenters. The van der Waals surface area contributed by atoms with Crippen molar-refractivity contribution in [2.75, 3.05) is 20.0 Å². The maximum Gasteiger partial charge on any atom is 0.195 e. The zero-order valence-corrected chi connectivity index (χ0v) is 12.7. The van der Waals surface area contributed by atoms with E-state index in [0.29, 0.717) is 28.3 Å². The molecule has 0 atom stereocenters. The van der Waals surface area contributed by atoms with Gasteiger partial charge in [-0.15, -0.1) is 0 Å². The SMILES string of the molecule is COc1cc(OC)c(N)c(C(=O)c2ccc(C)cc2C)c1. The molecular weight excluding hydrogens is 266 g/mol. The van der Waals surface area contributed by atoms with Gasteiger partial charge in [0, 0.05) is 11.6 Å². The van der Waals surface area contributed by atoms with E-state index in [4.69, 9.17) is 15.2 Å². The van der Waals surface area contributed by atoms with Crippen molar-refractivity contribution in [3.63, 3.8) is 0 Å². The summed E-state index contributed by atoms with van der Waals surface area (Å²) in [5.41, 5.74) is 9.40. The zero-order chi connectivity index (χ0) is 15.6. The van der Waals surface area contributed by atoms with Crippen LogP contribution in [0.1, 0.15) is 27.0 Å². The van der Waals surface area contributed by atoms with Crippen LogP contribution in [0.4, 0.5) is 5.69 Å². The molecule has 0 amide bonds. The monoisotopic (exact) mass is 285 g/mol. The van der Waals surface area contributed by atoms with E-state index in [1.807, 2.05) is 32.0 Å². The summed E-state index contributed by atoms with van der Waals surface area (Å²) in [6.45, 7) is 3.90. The van der Waals surface area contributed by atoms with Crippen LogP contribution in [0.2, 0.25) is 0 Å². The first kappa shape index (κ1) is 14.9. The summed E-state index contributed by atoms with van der Waals surface area (Å²) >= 11 is 0. The summed E-state index contributed by atoms with van der Waals surface area (Å²) in [4.78, 5) is 12.7. The van der Waals surface area contributed by atoms with E-state index in [9.17, 15) is 4.79 Å². The van der Waals surface area contributed by atoms with Crippen molar-refractivity contribution in [2.45, 2.75) is 13.8 Å². The normalized spacial score (nSPS) is 10.3. The van der Waals surface area contributed by atoms with Crippen LogP contribution in [0.5, 0.6) is 11.5 Å². The molecule has 0 spiro atoms. The lowest BCUT2D eigenvalue weighted by Gasteiger charge is -2.13. The van der Waals surface area contributed by atoms with Crippen LogP contribution in [0, 0.1) is 13.8 Å². The van der Waals surface area contributed by atoms with Crippen molar-refractivity contribution in [3.05, 3.63) is 52.6 Å². The lowest BCUT2D eigenvalue weighted by Crippen LogP contribution is -2.09. The second kappa shape index (κ2) is 5.87. The molecule has 0 aliphatic rings. The Morgan fingerprint density at radius 1 is 1.00 bits per heavy atom. The first-order valence-corrected chi connectivity index (χ1v) is 6.61. The first-order valence-electron chi connectivity index (χ1n) is 6.61. The van der Waals surface area contributed by atoms with E-state index in [2.05, 4.69) is 0 Å². The zero-order valence-electron chi connectivity index (χ0n) is 12.7. The molecule has 0 aromatic heterocycles. The quantitative estimate of drug-likeness (QED) is 0.692. The number of carbonyl (C=O) groups excluding carboxylic acids is 1. The molecule has 0 aliphatic carbocycles. The van der Waals surface area contributed by atoms with Crippen molar-refractivity contribution in [1.29, 1.82) is 0 Å². The second-order valence-electron chi connectivity index (χ2n) is 4.94. The van der Waals surface area contributed by atoms with Crippen molar-refractivity contribution < 1.29 is 14.3 Å². The van der Waals surface area contributed by atoms with Gasteiger partial charge in [0.1, 0.15) is 11.5 Å². The van der Waals surface area contributed by atoms with Crippen molar-refractivity contribution >= 4 is 11.5 Å². The summed E-state index contributed by atoms with van der Waals surface area (Å²) in [5, 5.41) is 0. The summed E-state index contributed by atoms with van der Waals surface area (Å²) in [6.07, 6.45) is 0. The summed E-state index contributed by atoms with van der Waals surface area (Å²) in [6, 6.07) is 9.00. The molecule has 110 valence electrons. The molecule has 4 nitrogen and oxygen atoms in total. The van der Waals surface area contributed by atoms with E-state index < -0.39 is 0 Å². The number of carbonyl (C=O) groups is 1. The number of benzene rings is 2. The Kier molecular flexibility index (Phi) is 4.17. The van der Waals surface area contributed by atoms with Crippen LogP contribution >= 0.6 is 0 Å². The van der Waals surface area contributed by atoms with Gasteiger partial charge in [-0.25, -0.2) is 0 Å². The van der Waals surface area contributed by atoms with Crippen LogP contribution in [-0.2, 0) is 0 Å². The molecule has 4 heteroatoms. The van der Waals surface area contributed by atoms with E-state index in [1.165, 1.54) is 14.2 Å². The number of hydrogen-bond donors (Lipinski definition) is 1. The topological polar surface area (TPSA) is 61.6 Å². The molecule has 0 aliphatic heterocycles. The Balaban J connectivity index is 2.57. The standard InChI is InChI=1S/C17H19NO3/c1-10-5-6-13(11(2)7-10)17(19)14-8-12(20-3)9-15(21-4)16(14)18/h5-9H,18H2,1-4H3. The number of hydrogen-bond acceptors (Lipinski definition) is 4. The van der Waals surface area contributed by atoms with Crippen molar-refractivity contribution in [2.24, 2.45) is 0 Å². The third-order valence-corrected chi connectivity index (χ3v) is 3.44. The van der Waals surface area contributed by atoms with Gasteiger partial charge in [0.05, 0.1) is 25.5 Å². The number of nitrogen functional groups attached to an aromatic ring is 1. The van der Waals surface area contributed by atoms with Gasteiger partial charge in [-0.05, 0) is 25.5 Å². The summed E-state index contributed by atoms with van der Waals surface area (Å²) in [7, 11) is 3.05. The fraction of sp³-hybridized carbons (Fsp3) is 0.235. The minimum absolute atomic E-state index is 0.137. The minimum Gasteiger partial charge on any atom is -0.497 e. The maximum atomic E-state index is 12.7. The first-order chi connectivity index (χ1) is 9.97. The van der Waals surface area contributed by atoms with Crippen LogP contribution in [0.15, 0.2) is 30.3 Å². The predicted octanol–water partition coefficient (Wildman–Crippen LogP) is 3.13. The van der Waals surface area contributed by atoms with Crippen molar-refractivity contribution in [3.8, 4) is 11.5 Å². The Bertz CT molecular complexity index is 693. The van der Waals surface area contributed by atoms with Crippen LogP contribution in [-0.4, -0.2) is 20.0 Å². The molecule has 2 N–H and O–H groups in total. The molecule has 2 aromatic rings. The van der Waals surface area contributed by atoms with Gasteiger partial charge in [-0.2, -0.15) is 0 Å². The predicted molar refractivity (Wildman–Crippen MR) is 83.3 cm³/mol. The number of methoxy groups -OCH3 is 2. The highest BCUT2D eigenvalue weighted by atomic mass is 16.5. The molecule has 0 radical (unpaired) electrons. The average molecular weight is 285 g/mol. The highest BCUT2D eigenvalue weighted by Crippen LogP contribution is 2.32. The molecule has 21 heavy (non-hydrogen) atoms. The lowest BCUT2D eigenvalue weighted by atomic mass is 9.96. The van der Waals surface area contributed by atoms with Gasteiger partial charge in [-0.1, -0.05) is 23.8 Å². The number of ketones is 1. The Hall–Kier alpha value is -2.49. The van der Waals surface area contributed by atoms with Gasteiger partial charge in [0.25, 0.3) is 0 Å². The van der Waals surface area contributed by atoms with Gasteiger partial charge < -0.3 is 15.2 Å². The third kappa shape index (κ3) is 2.84. The number of ether oxygens (including phenoxy) is 2. The molecule has 0 saturated heterocycles. The Morgan fingerprint density at radius 3 is 2.29 bits per heavy atom. The Labute approximate surface area is 124 Å². The second-order valence-corrected chi connectivity index (χ2v) is 4.94. The molecule has 0 fully saturated rings. The smallest absolute Gasteiger partial charge is 0.195 e. The van der Waals surface area contributed by atoms with Crippen LogP contribution in [0.25, 0.3) is 0 Å². The number of rotatable bonds is 4. The van der Waals surface area contributed by atoms with Crippen molar-refractivity contribution in [1.82, 2.24) is 0 Å². The van der Waals surface area contributed by atoms with Gasteiger partial charge in [0.2, 0.25) is 0 Å². The highest BCUT2D eigenvalue weighted by Gasteiger charge is 2.19. The number of anilines is 1. The largest absolute Gasteiger partial charge is 0.497 e. The van der Waals surface area contributed by atoms with Crippen LogP contribution in [0.3, 0.4) is 0 Å². The Morgan fingerprint density at radius 2 is 1.71 bits per heavy atom. The van der Waals surface area contributed by atoms with E-state index in [1.54, 1.807) is 12.1 Å². The fourth-order valence-corrected chi connectivity index (χ4v) is 2.29. The molecule has 0 bridgehead atoms. The fourth-order valence-electron chi connectivity index (χ4n) is 2.29. The van der Waals surface area contributed by atoms with E-state index in [-0.39, 0.29) is 5.78 Å².